The van der Waals surface area contributed by atoms with Crippen LogP contribution in [0.5, 0.6) is 0 Å². The fraction of sp³-hybridized carbons (Fsp3) is 0.417. The standard InChI is InChI=1S/C12H14F3NO2/c13-9-6-11(15)10(14)4-7(9)2-1-3-8(16)5-12(17)18/h4,6,8H,1-3,5,16H2,(H,17,18). The van der Waals surface area contributed by atoms with Gasteiger partial charge in [-0.3, -0.25) is 4.79 Å². The van der Waals surface area contributed by atoms with Gasteiger partial charge in [-0.25, -0.2) is 13.2 Å². The Hall–Kier alpha value is -1.56. The molecular weight excluding hydrogens is 247 g/mol. The van der Waals surface area contributed by atoms with Gasteiger partial charge in [0.25, 0.3) is 0 Å². The maximum Gasteiger partial charge on any atom is 0.304 e. The van der Waals surface area contributed by atoms with Gasteiger partial charge in [-0.1, -0.05) is 0 Å². The van der Waals surface area contributed by atoms with Crippen molar-refractivity contribution < 1.29 is 23.1 Å². The highest BCUT2D eigenvalue weighted by atomic mass is 19.2. The van der Waals surface area contributed by atoms with Gasteiger partial charge >= 0.3 is 5.97 Å². The third-order valence-electron chi connectivity index (χ3n) is 2.55. The maximum atomic E-state index is 13.2. The topological polar surface area (TPSA) is 63.3 Å². The maximum absolute atomic E-state index is 13.2. The molecule has 0 aromatic heterocycles. The lowest BCUT2D eigenvalue weighted by Gasteiger charge is -2.09. The zero-order chi connectivity index (χ0) is 13.7. The molecular formula is C12H14F3NO2. The van der Waals surface area contributed by atoms with E-state index in [9.17, 15) is 18.0 Å². The van der Waals surface area contributed by atoms with E-state index in [1.54, 1.807) is 0 Å². The fourth-order valence-electron chi connectivity index (χ4n) is 1.64. The van der Waals surface area contributed by atoms with Crippen LogP contribution in [-0.2, 0) is 11.2 Å². The SMILES string of the molecule is NC(CCCc1cc(F)c(F)cc1F)CC(=O)O. The summed E-state index contributed by atoms with van der Waals surface area (Å²) in [6.45, 7) is 0. The molecule has 0 amide bonds. The Bertz CT molecular complexity index is 438. The lowest BCUT2D eigenvalue weighted by atomic mass is 10.0. The smallest absolute Gasteiger partial charge is 0.304 e. The third-order valence-corrected chi connectivity index (χ3v) is 2.55. The summed E-state index contributed by atoms with van der Waals surface area (Å²) in [5, 5.41) is 8.48. The van der Waals surface area contributed by atoms with Crippen molar-refractivity contribution in [3.05, 3.63) is 35.1 Å². The molecule has 1 unspecified atom stereocenters. The van der Waals surface area contributed by atoms with Crippen LogP contribution < -0.4 is 5.73 Å². The number of nitrogens with two attached hydrogens (primary N) is 1. The summed E-state index contributed by atoms with van der Waals surface area (Å²) >= 11 is 0. The summed E-state index contributed by atoms with van der Waals surface area (Å²) in [4.78, 5) is 10.3. The Morgan fingerprint density at radius 1 is 1.22 bits per heavy atom. The molecule has 1 rings (SSSR count). The lowest BCUT2D eigenvalue weighted by molar-refractivity contribution is -0.137. The molecule has 1 aromatic carbocycles. The van der Waals surface area contributed by atoms with E-state index >= 15 is 0 Å². The van der Waals surface area contributed by atoms with E-state index in [4.69, 9.17) is 10.8 Å². The Balaban J connectivity index is 2.49. The van der Waals surface area contributed by atoms with E-state index in [2.05, 4.69) is 0 Å². The molecule has 0 spiro atoms. The van der Waals surface area contributed by atoms with Crippen LogP contribution in [0.2, 0.25) is 0 Å². The van der Waals surface area contributed by atoms with Crippen molar-refractivity contribution >= 4 is 5.97 Å². The number of carboxylic acid groups (broad SMARTS) is 1. The molecule has 0 aliphatic heterocycles. The predicted molar refractivity (Wildman–Crippen MR) is 59.5 cm³/mol. The first-order valence-electron chi connectivity index (χ1n) is 5.51. The highest BCUT2D eigenvalue weighted by molar-refractivity contribution is 5.67. The molecule has 0 saturated carbocycles. The Kier molecular flexibility index (Phi) is 5.15. The summed E-state index contributed by atoms with van der Waals surface area (Å²) in [5.41, 5.74) is 5.59. The van der Waals surface area contributed by atoms with Crippen molar-refractivity contribution in [2.24, 2.45) is 5.73 Å². The van der Waals surface area contributed by atoms with Gasteiger partial charge in [0.05, 0.1) is 6.42 Å². The Morgan fingerprint density at radius 3 is 2.44 bits per heavy atom. The highest BCUT2D eigenvalue weighted by Crippen LogP contribution is 2.16. The van der Waals surface area contributed by atoms with Crippen LogP contribution in [0.1, 0.15) is 24.8 Å². The van der Waals surface area contributed by atoms with E-state index in [-0.39, 0.29) is 18.4 Å². The molecule has 0 radical (unpaired) electrons. The minimum absolute atomic E-state index is 0.0661. The molecule has 0 aliphatic rings. The normalized spacial score (nSPS) is 12.4. The third kappa shape index (κ3) is 4.37. The van der Waals surface area contributed by atoms with Crippen LogP contribution in [0.3, 0.4) is 0 Å². The molecule has 18 heavy (non-hydrogen) atoms. The van der Waals surface area contributed by atoms with Crippen LogP contribution in [0.15, 0.2) is 12.1 Å². The zero-order valence-electron chi connectivity index (χ0n) is 9.63. The summed E-state index contributed by atoms with van der Waals surface area (Å²) in [5.74, 6) is -4.12. The first-order valence-corrected chi connectivity index (χ1v) is 5.51. The first-order chi connectivity index (χ1) is 8.40. The number of aryl methyl sites for hydroxylation is 1. The van der Waals surface area contributed by atoms with Gasteiger partial charge in [-0.2, -0.15) is 0 Å². The van der Waals surface area contributed by atoms with E-state index in [0.29, 0.717) is 18.9 Å². The van der Waals surface area contributed by atoms with Gasteiger partial charge in [-0.15, -0.1) is 0 Å². The molecule has 0 saturated heterocycles. The fourth-order valence-corrected chi connectivity index (χ4v) is 1.64. The second kappa shape index (κ2) is 6.39. The summed E-state index contributed by atoms with van der Waals surface area (Å²) < 4.78 is 38.8. The minimum atomic E-state index is -1.22. The van der Waals surface area contributed by atoms with Crippen molar-refractivity contribution in [2.45, 2.75) is 31.7 Å². The molecule has 0 fully saturated rings. The van der Waals surface area contributed by atoms with Crippen molar-refractivity contribution in [3.63, 3.8) is 0 Å². The van der Waals surface area contributed by atoms with E-state index < -0.39 is 29.5 Å². The Morgan fingerprint density at radius 2 is 1.83 bits per heavy atom. The molecule has 1 atom stereocenters. The second-order valence-electron chi connectivity index (χ2n) is 4.11. The highest BCUT2D eigenvalue weighted by Gasteiger charge is 2.11. The Labute approximate surface area is 102 Å². The van der Waals surface area contributed by atoms with Crippen molar-refractivity contribution in [1.29, 1.82) is 0 Å². The average Bonchev–Trinajstić information content (AvgIpc) is 2.24. The molecule has 3 N–H and O–H groups in total. The number of rotatable bonds is 6. The number of halogens is 3. The summed E-state index contributed by atoms with van der Waals surface area (Å²) in [7, 11) is 0. The van der Waals surface area contributed by atoms with Gasteiger partial charge in [-0.05, 0) is 30.9 Å². The van der Waals surface area contributed by atoms with Gasteiger partial charge in [0.1, 0.15) is 5.82 Å². The number of carbonyl (C=O) groups is 1. The van der Waals surface area contributed by atoms with Crippen LogP contribution in [0.25, 0.3) is 0 Å². The number of hydrogen-bond acceptors (Lipinski definition) is 2. The second-order valence-corrected chi connectivity index (χ2v) is 4.11. The van der Waals surface area contributed by atoms with Gasteiger partial charge in [0.15, 0.2) is 11.6 Å². The van der Waals surface area contributed by atoms with Crippen LogP contribution >= 0.6 is 0 Å². The van der Waals surface area contributed by atoms with Crippen molar-refractivity contribution in [3.8, 4) is 0 Å². The van der Waals surface area contributed by atoms with Crippen LogP contribution in [-0.4, -0.2) is 17.1 Å². The summed E-state index contributed by atoms with van der Waals surface area (Å²) in [6.07, 6.45) is 0.817. The monoisotopic (exact) mass is 261 g/mol. The van der Waals surface area contributed by atoms with Gasteiger partial charge in [0, 0.05) is 12.1 Å². The molecule has 0 aliphatic carbocycles. The quantitative estimate of drug-likeness (QED) is 0.772. The number of hydrogen-bond donors (Lipinski definition) is 2. The van der Waals surface area contributed by atoms with Crippen molar-refractivity contribution in [2.75, 3.05) is 0 Å². The minimum Gasteiger partial charge on any atom is -0.481 e. The number of benzene rings is 1. The predicted octanol–water partition coefficient (Wildman–Crippen LogP) is 2.23. The number of aliphatic carboxylic acids is 1. The average molecular weight is 261 g/mol. The van der Waals surface area contributed by atoms with Gasteiger partial charge in [0.2, 0.25) is 0 Å². The number of carboxylic acids is 1. The lowest BCUT2D eigenvalue weighted by Crippen LogP contribution is -2.23. The molecule has 100 valence electrons. The largest absolute Gasteiger partial charge is 0.481 e. The van der Waals surface area contributed by atoms with Crippen LogP contribution in [0.4, 0.5) is 13.2 Å². The molecule has 1 aromatic rings. The van der Waals surface area contributed by atoms with Crippen LogP contribution in [0, 0.1) is 17.5 Å². The first kappa shape index (κ1) is 14.5. The van der Waals surface area contributed by atoms with Gasteiger partial charge < -0.3 is 10.8 Å². The zero-order valence-corrected chi connectivity index (χ0v) is 9.63. The molecule has 6 heteroatoms. The molecule has 3 nitrogen and oxygen atoms in total. The molecule has 0 heterocycles. The van der Waals surface area contributed by atoms with E-state index in [1.165, 1.54) is 0 Å². The summed E-state index contributed by atoms with van der Waals surface area (Å²) in [6, 6.07) is 0.797. The van der Waals surface area contributed by atoms with E-state index in [0.717, 1.165) is 6.07 Å². The molecule has 0 bridgehead atoms. The van der Waals surface area contributed by atoms with Crippen molar-refractivity contribution in [1.82, 2.24) is 0 Å². The van der Waals surface area contributed by atoms with E-state index in [1.807, 2.05) is 0 Å².